The molecule has 0 heterocycles. The Morgan fingerprint density at radius 1 is 1.38 bits per heavy atom. The van der Waals surface area contributed by atoms with E-state index < -0.39 is 5.82 Å². The normalized spacial score (nSPS) is 14.0. The molecule has 0 radical (unpaired) electrons. The lowest BCUT2D eigenvalue weighted by atomic mass is 9.96. The molecule has 0 aliphatic heterocycles. The number of nitrogens with one attached hydrogen (secondary N) is 1. The summed E-state index contributed by atoms with van der Waals surface area (Å²) in [6.07, 6.45) is 1.79. The Balaban J connectivity index is 2.75. The van der Waals surface area contributed by atoms with Gasteiger partial charge in [-0.25, -0.2) is 4.39 Å². The number of carbonyl (C=O) groups is 1. The fourth-order valence-corrected chi connectivity index (χ4v) is 2.23. The van der Waals surface area contributed by atoms with Crippen LogP contribution in [-0.4, -0.2) is 36.0 Å². The number of para-hydroxylation sites is 1. The summed E-state index contributed by atoms with van der Waals surface area (Å²) in [5.41, 5.74) is 5.86. The molecule has 118 valence electrons. The summed E-state index contributed by atoms with van der Waals surface area (Å²) >= 11 is 0. The van der Waals surface area contributed by atoms with Crippen molar-refractivity contribution in [3.05, 3.63) is 30.1 Å². The SMILES string of the molecule is CCCN(CC(=O)Nc1ccccc1F)C(C)(CC)CN. The Hall–Kier alpha value is -1.46. The highest BCUT2D eigenvalue weighted by Crippen LogP contribution is 2.19. The molecule has 0 saturated carbocycles. The van der Waals surface area contributed by atoms with Crippen LogP contribution in [0.2, 0.25) is 0 Å². The molecule has 0 aliphatic rings. The first-order valence-corrected chi connectivity index (χ1v) is 7.46. The van der Waals surface area contributed by atoms with Gasteiger partial charge in [-0.2, -0.15) is 0 Å². The Morgan fingerprint density at radius 2 is 2.05 bits per heavy atom. The lowest BCUT2D eigenvalue weighted by Gasteiger charge is -2.39. The molecule has 1 unspecified atom stereocenters. The Labute approximate surface area is 126 Å². The van der Waals surface area contributed by atoms with E-state index in [0.29, 0.717) is 6.54 Å². The van der Waals surface area contributed by atoms with Gasteiger partial charge in [0.05, 0.1) is 12.2 Å². The number of anilines is 1. The average molecular weight is 295 g/mol. The summed E-state index contributed by atoms with van der Waals surface area (Å²) in [5, 5.41) is 2.62. The summed E-state index contributed by atoms with van der Waals surface area (Å²) in [5.74, 6) is -0.647. The molecule has 4 nitrogen and oxygen atoms in total. The van der Waals surface area contributed by atoms with E-state index in [9.17, 15) is 9.18 Å². The molecule has 0 aromatic heterocycles. The molecule has 0 bridgehead atoms. The van der Waals surface area contributed by atoms with Crippen LogP contribution in [0.3, 0.4) is 0 Å². The third-order valence-corrected chi connectivity index (χ3v) is 3.94. The second kappa shape index (κ2) is 8.10. The fourth-order valence-electron chi connectivity index (χ4n) is 2.23. The van der Waals surface area contributed by atoms with Crippen molar-refractivity contribution in [3.63, 3.8) is 0 Å². The quantitative estimate of drug-likeness (QED) is 0.775. The van der Waals surface area contributed by atoms with E-state index in [0.717, 1.165) is 19.4 Å². The van der Waals surface area contributed by atoms with Gasteiger partial charge in [-0.3, -0.25) is 9.69 Å². The van der Waals surface area contributed by atoms with Gasteiger partial charge in [0, 0.05) is 12.1 Å². The van der Waals surface area contributed by atoms with Crippen molar-refractivity contribution in [2.75, 3.05) is 25.0 Å². The summed E-state index contributed by atoms with van der Waals surface area (Å²) in [7, 11) is 0. The van der Waals surface area contributed by atoms with Gasteiger partial charge >= 0.3 is 0 Å². The fraction of sp³-hybridized carbons (Fsp3) is 0.562. The first kappa shape index (κ1) is 17.6. The van der Waals surface area contributed by atoms with E-state index in [2.05, 4.69) is 31.0 Å². The second-order valence-electron chi connectivity index (χ2n) is 5.50. The highest BCUT2D eigenvalue weighted by Gasteiger charge is 2.29. The lowest BCUT2D eigenvalue weighted by molar-refractivity contribution is -0.118. The first-order valence-electron chi connectivity index (χ1n) is 7.46. The molecule has 1 atom stereocenters. The Kier molecular flexibility index (Phi) is 6.78. The third kappa shape index (κ3) is 4.79. The van der Waals surface area contributed by atoms with Crippen molar-refractivity contribution in [1.29, 1.82) is 0 Å². The number of hydrogen-bond donors (Lipinski definition) is 2. The molecule has 1 aromatic rings. The van der Waals surface area contributed by atoms with Crippen LogP contribution < -0.4 is 11.1 Å². The molecule has 21 heavy (non-hydrogen) atoms. The van der Waals surface area contributed by atoms with Gasteiger partial charge in [0.1, 0.15) is 5.82 Å². The van der Waals surface area contributed by atoms with Crippen LogP contribution in [0, 0.1) is 5.82 Å². The molecule has 0 saturated heterocycles. The van der Waals surface area contributed by atoms with E-state index in [1.165, 1.54) is 6.07 Å². The molecule has 1 rings (SSSR count). The van der Waals surface area contributed by atoms with Gasteiger partial charge < -0.3 is 11.1 Å². The van der Waals surface area contributed by atoms with Gasteiger partial charge in [0.15, 0.2) is 0 Å². The van der Waals surface area contributed by atoms with Gasteiger partial charge in [-0.15, -0.1) is 0 Å². The van der Waals surface area contributed by atoms with E-state index in [4.69, 9.17) is 5.73 Å². The number of amides is 1. The minimum absolute atomic E-state index is 0.212. The van der Waals surface area contributed by atoms with Gasteiger partial charge in [0.2, 0.25) is 5.91 Å². The van der Waals surface area contributed by atoms with Gasteiger partial charge in [-0.1, -0.05) is 26.0 Å². The Bertz CT molecular complexity index is 461. The van der Waals surface area contributed by atoms with Crippen LogP contribution in [0.25, 0.3) is 0 Å². The standard InChI is InChI=1S/C16H26FN3O/c1-4-10-20(16(3,5-2)12-18)11-15(21)19-14-9-7-6-8-13(14)17/h6-9H,4-5,10-12,18H2,1-3H3,(H,19,21). The number of nitrogens with two attached hydrogens (primary N) is 1. The summed E-state index contributed by atoms with van der Waals surface area (Å²) in [4.78, 5) is 14.2. The summed E-state index contributed by atoms with van der Waals surface area (Å²) in [6.45, 7) is 7.66. The smallest absolute Gasteiger partial charge is 0.238 e. The second-order valence-corrected chi connectivity index (χ2v) is 5.50. The van der Waals surface area contributed by atoms with Crippen molar-refractivity contribution in [2.24, 2.45) is 5.73 Å². The number of carbonyl (C=O) groups excluding carboxylic acids is 1. The van der Waals surface area contributed by atoms with Gasteiger partial charge in [-0.05, 0) is 38.4 Å². The molecular formula is C16H26FN3O. The lowest BCUT2D eigenvalue weighted by Crippen LogP contribution is -2.54. The summed E-state index contributed by atoms with van der Waals surface area (Å²) < 4.78 is 13.6. The Morgan fingerprint density at radius 3 is 2.57 bits per heavy atom. The van der Waals surface area contributed by atoms with Crippen LogP contribution in [0.4, 0.5) is 10.1 Å². The number of benzene rings is 1. The van der Waals surface area contributed by atoms with Crippen LogP contribution >= 0.6 is 0 Å². The minimum Gasteiger partial charge on any atom is -0.329 e. The van der Waals surface area contributed by atoms with E-state index in [1.54, 1.807) is 18.2 Å². The largest absolute Gasteiger partial charge is 0.329 e. The molecule has 0 spiro atoms. The molecule has 1 aromatic carbocycles. The zero-order chi connectivity index (χ0) is 15.9. The van der Waals surface area contributed by atoms with Crippen LogP contribution in [0.5, 0.6) is 0 Å². The number of nitrogens with zero attached hydrogens (tertiary/aromatic N) is 1. The zero-order valence-electron chi connectivity index (χ0n) is 13.2. The molecule has 3 N–H and O–H groups in total. The van der Waals surface area contributed by atoms with Crippen molar-refractivity contribution < 1.29 is 9.18 Å². The first-order chi connectivity index (χ1) is 9.96. The number of rotatable bonds is 8. The number of hydrogen-bond acceptors (Lipinski definition) is 3. The molecule has 5 heteroatoms. The maximum atomic E-state index is 13.6. The predicted molar refractivity (Wildman–Crippen MR) is 84.6 cm³/mol. The van der Waals surface area contributed by atoms with Crippen LogP contribution in [-0.2, 0) is 4.79 Å². The summed E-state index contributed by atoms with van der Waals surface area (Å²) in [6, 6.07) is 6.17. The molecule has 1 amide bonds. The molecule has 0 fully saturated rings. The minimum atomic E-state index is -0.426. The van der Waals surface area contributed by atoms with Crippen LogP contribution in [0.15, 0.2) is 24.3 Å². The third-order valence-electron chi connectivity index (χ3n) is 3.94. The van der Waals surface area contributed by atoms with Gasteiger partial charge in [0.25, 0.3) is 0 Å². The van der Waals surface area contributed by atoms with Crippen molar-refractivity contribution in [2.45, 2.75) is 39.2 Å². The number of halogens is 1. The maximum Gasteiger partial charge on any atom is 0.238 e. The van der Waals surface area contributed by atoms with E-state index in [1.807, 2.05) is 0 Å². The highest BCUT2D eigenvalue weighted by molar-refractivity contribution is 5.92. The van der Waals surface area contributed by atoms with Crippen molar-refractivity contribution in [3.8, 4) is 0 Å². The van der Waals surface area contributed by atoms with E-state index >= 15 is 0 Å². The predicted octanol–water partition coefficient (Wildman–Crippen LogP) is 2.60. The van der Waals surface area contributed by atoms with Crippen molar-refractivity contribution >= 4 is 11.6 Å². The highest BCUT2D eigenvalue weighted by atomic mass is 19.1. The monoisotopic (exact) mass is 295 g/mol. The molecule has 0 aliphatic carbocycles. The van der Waals surface area contributed by atoms with Crippen LogP contribution in [0.1, 0.15) is 33.6 Å². The average Bonchev–Trinajstić information content (AvgIpc) is 2.48. The maximum absolute atomic E-state index is 13.6. The topological polar surface area (TPSA) is 58.4 Å². The molecular weight excluding hydrogens is 269 g/mol. The van der Waals surface area contributed by atoms with E-state index in [-0.39, 0.29) is 23.7 Å². The zero-order valence-corrected chi connectivity index (χ0v) is 13.2. The van der Waals surface area contributed by atoms with Crippen molar-refractivity contribution in [1.82, 2.24) is 4.90 Å².